The molecule has 0 unspecified atom stereocenters. The van der Waals surface area contributed by atoms with Crippen molar-refractivity contribution in [3.8, 4) is 22.4 Å². The van der Waals surface area contributed by atoms with E-state index in [0.29, 0.717) is 10.9 Å². The Morgan fingerprint density at radius 1 is 1.04 bits per heavy atom. The van der Waals surface area contributed by atoms with Crippen LogP contribution in [0.15, 0.2) is 48.8 Å². The molecule has 2 heterocycles. The third kappa shape index (κ3) is 3.22. The summed E-state index contributed by atoms with van der Waals surface area (Å²) in [5.41, 5.74) is 6.18. The summed E-state index contributed by atoms with van der Waals surface area (Å²) in [5, 5.41) is 16.5. The Kier molecular flexibility index (Phi) is 4.36. The molecule has 0 radical (unpaired) electrons. The number of nitrogens with zero attached hydrogens (tertiary/aromatic N) is 2. The maximum absolute atomic E-state index is 7.87. The molecule has 0 spiro atoms. The van der Waals surface area contributed by atoms with E-state index in [1.807, 2.05) is 48.8 Å². The summed E-state index contributed by atoms with van der Waals surface area (Å²) < 4.78 is 0. The van der Waals surface area contributed by atoms with Crippen molar-refractivity contribution in [3.63, 3.8) is 0 Å². The molecule has 1 fully saturated rings. The van der Waals surface area contributed by atoms with Crippen LogP contribution in [0.25, 0.3) is 22.4 Å². The molecule has 2 N–H and O–H groups in total. The minimum atomic E-state index is 0.401. The molecular weight excluding hydrogens is 332 g/mol. The van der Waals surface area contributed by atoms with Gasteiger partial charge >= 0.3 is 0 Å². The van der Waals surface area contributed by atoms with Crippen molar-refractivity contribution in [1.29, 1.82) is 5.41 Å². The molecule has 1 aliphatic carbocycles. The van der Waals surface area contributed by atoms with Crippen LogP contribution in [0.1, 0.15) is 37.3 Å². The number of hydrogen-bond donors (Lipinski definition) is 2. The fraction of sp³-hybridized carbons (Fsp3) is 0.250. The molecule has 0 saturated heterocycles. The molecule has 0 atom stereocenters. The summed E-state index contributed by atoms with van der Waals surface area (Å²) in [6, 6.07) is 11.8. The molecule has 25 heavy (non-hydrogen) atoms. The highest BCUT2D eigenvalue weighted by atomic mass is 35.5. The zero-order valence-corrected chi connectivity index (χ0v) is 14.6. The molecule has 0 bridgehead atoms. The summed E-state index contributed by atoms with van der Waals surface area (Å²) in [7, 11) is 0. The average molecular weight is 351 g/mol. The van der Waals surface area contributed by atoms with Crippen molar-refractivity contribution in [2.24, 2.45) is 0 Å². The second-order valence-corrected chi connectivity index (χ2v) is 6.92. The van der Waals surface area contributed by atoms with Crippen LogP contribution in [0.5, 0.6) is 0 Å². The van der Waals surface area contributed by atoms with E-state index in [1.54, 1.807) is 0 Å². The lowest BCUT2D eigenvalue weighted by atomic mass is 9.83. The van der Waals surface area contributed by atoms with Gasteiger partial charge in [-0.15, -0.1) is 0 Å². The molecule has 1 aromatic carbocycles. The molecule has 4 rings (SSSR count). The third-order valence-corrected chi connectivity index (χ3v) is 5.09. The zero-order valence-electron chi connectivity index (χ0n) is 13.8. The number of pyridine rings is 1. The fourth-order valence-corrected chi connectivity index (χ4v) is 3.75. The molecule has 0 aliphatic heterocycles. The molecule has 1 saturated carbocycles. The summed E-state index contributed by atoms with van der Waals surface area (Å²) in [4.78, 5) is 4.14. The van der Waals surface area contributed by atoms with Gasteiger partial charge in [-0.25, -0.2) is 0 Å². The predicted octanol–water partition coefficient (Wildman–Crippen LogP) is 5.47. The van der Waals surface area contributed by atoms with Crippen molar-refractivity contribution in [3.05, 3.63) is 59.5 Å². The molecule has 0 amide bonds. The molecule has 4 nitrogen and oxygen atoms in total. The van der Waals surface area contributed by atoms with Crippen LogP contribution in [0.4, 0.5) is 0 Å². The third-order valence-electron chi connectivity index (χ3n) is 4.86. The van der Waals surface area contributed by atoms with Gasteiger partial charge in [0, 0.05) is 45.9 Å². The van der Waals surface area contributed by atoms with Gasteiger partial charge in [-0.2, -0.15) is 5.10 Å². The Hall–Kier alpha value is -2.46. The number of nitrogens with one attached hydrogen (secondary N) is 2. The van der Waals surface area contributed by atoms with Crippen LogP contribution in [0, 0.1) is 5.41 Å². The van der Waals surface area contributed by atoms with Crippen molar-refractivity contribution in [2.45, 2.75) is 31.6 Å². The first-order valence-corrected chi connectivity index (χ1v) is 8.91. The van der Waals surface area contributed by atoms with Crippen molar-refractivity contribution in [1.82, 2.24) is 15.2 Å². The molecule has 2 aromatic heterocycles. The lowest BCUT2D eigenvalue weighted by Gasteiger charge is -2.22. The Labute approximate surface area is 151 Å². The van der Waals surface area contributed by atoms with Crippen LogP contribution < -0.4 is 0 Å². The van der Waals surface area contributed by atoms with Crippen LogP contribution in [-0.2, 0) is 0 Å². The van der Waals surface area contributed by atoms with E-state index in [2.05, 4.69) is 15.2 Å². The molecule has 3 aromatic rings. The quantitative estimate of drug-likeness (QED) is 0.657. The zero-order chi connectivity index (χ0) is 17.2. The van der Waals surface area contributed by atoms with Gasteiger partial charge in [0.2, 0.25) is 0 Å². The molecule has 126 valence electrons. The Morgan fingerprint density at radius 3 is 2.52 bits per heavy atom. The number of hydrogen-bond acceptors (Lipinski definition) is 3. The molecule has 5 heteroatoms. The molecular formula is C20H19ClN4. The first-order chi connectivity index (χ1) is 12.2. The monoisotopic (exact) mass is 350 g/mol. The van der Waals surface area contributed by atoms with E-state index < -0.39 is 0 Å². The maximum Gasteiger partial charge on any atom is 0.100 e. The highest BCUT2D eigenvalue weighted by molar-refractivity contribution is 6.30. The maximum atomic E-state index is 7.87. The van der Waals surface area contributed by atoms with Crippen molar-refractivity contribution in [2.75, 3.05) is 0 Å². The van der Waals surface area contributed by atoms with Crippen molar-refractivity contribution >= 4 is 17.3 Å². The fourth-order valence-electron chi connectivity index (χ4n) is 3.56. The topological polar surface area (TPSA) is 65.4 Å². The van der Waals surface area contributed by atoms with E-state index >= 15 is 0 Å². The van der Waals surface area contributed by atoms with Gasteiger partial charge in [0.15, 0.2) is 0 Å². The van der Waals surface area contributed by atoms with Gasteiger partial charge in [0.1, 0.15) is 5.69 Å². The van der Waals surface area contributed by atoms with Crippen LogP contribution >= 0.6 is 11.6 Å². The van der Waals surface area contributed by atoms with Gasteiger partial charge in [-0.3, -0.25) is 10.1 Å². The first-order valence-electron chi connectivity index (χ1n) is 8.53. The second-order valence-electron chi connectivity index (χ2n) is 6.48. The van der Waals surface area contributed by atoms with Gasteiger partial charge in [0.25, 0.3) is 0 Å². The summed E-state index contributed by atoms with van der Waals surface area (Å²) >= 11 is 6.19. The lowest BCUT2D eigenvalue weighted by Crippen LogP contribution is -2.12. The SMILES string of the molecule is N=C1CCC(c2[nH]nc(-c3cccc(Cl)c3)c2-c2ccncc2)CC1. The van der Waals surface area contributed by atoms with E-state index in [4.69, 9.17) is 17.0 Å². The van der Waals surface area contributed by atoms with Crippen LogP contribution in [0.2, 0.25) is 5.02 Å². The van der Waals surface area contributed by atoms with E-state index in [-0.39, 0.29) is 0 Å². The normalized spacial score (nSPS) is 17.6. The summed E-state index contributed by atoms with van der Waals surface area (Å²) in [5.74, 6) is 0.401. The Morgan fingerprint density at radius 2 is 1.80 bits per heavy atom. The van der Waals surface area contributed by atoms with Gasteiger partial charge in [0.05, 0.1) is 0 Å². The van der Waals surface area contributed by atoms with Crippen molar-refractivity contribution < 1.29 is 0 Å². The van der Waals surface area contributed by atoms with Crippen LogP contribution in [0.3, 0.4) is 0 Å². The van der Waals surface area contributed by atoms with Gasteiger partial charge < -0.3 is 5.41 Å². The average Bonchev–Trinajstić information content (AvgIpc) is 3.08. The standard InChI is InChI=1S/C20H19ClN4/c21-16-3-1-2-15(12-16)20-18(13-8-10-23-11-9-13)19(24-25-20)14-4-6-17(22)7-5-14/h1-3,8-12,14,22H,4-7H2,(H,24,25). The number of benzene rings is 1. The number of rotatable bonds is 3. The van der Waals surface area contributed by atoms with E-state index in [0.717, 1.165) is 59.5 Å². The number of aromatic nitrogens is 3. The predicted molar refractivity (Wildman–Crippen MR) is 101 cm³/mol. The smallest absolute Gasteiger partial charge is 0.100 e. The minimum absolute atomic E-state index is 0.401. The highest BCUT2D eigenvalue weighted by Gasteiger charge is 2.26. The lowest BCUT2D eigenvalue weighted by molar-refractivity contribution is 0.551. The number of halogens is 1. The number of H-pyrrole nitrogens is 1. The van der Waals surface area contributed by atoms with Gasteiger partial charge in [-0.1, -0.05) is 23.7 Å². The largest absolute Gasteiger partial charge is 0.310 e. The summed E-state index contributed by atoms with van der Waals surface area (Å²) in [6.45, 7) is 0. The van der Waals surface area contributed by atoms with Crippen LogP contribution in [-0.4, -0.2) is 20.9 Å². The van der Waals surface area contributed by atoms with E-state index in [9.17, 15) is 0 Å². The van der Waals surface area contributed by atoms with E-state index in [1.165, 1.54) is 0 Å². The Balaban J connectivity index is 1.84. The van der Waals surface area contributed by atoms with Gasteiger partial charge in [-0.05, 0) is 55.5 Å². The number of aromatic amines is 1. The first kappa shape index (κ1) is 16.0. The highest BCUT2D eigenvalue weighted by Crippen LogP contribution is 2.41. The summed E-state index contributed by atoms with van der Waals surface area (Å²) in [6.07, 6.45) is 7.34. The molecule has 1 aliphatic rings. The minimum Gasteiger partial charge on any atom is -0.310 e. The second kappa shape index (κ2) is 6.81. The Bertz CT molecular complexity index is 891.